The molecule has 1 aliphatic heterocycles. The van der Waals surface area contributed by atoms with E-state index in [9.17, 15) is 4.79 Å². The van der Waals surface area contributed by atoms with Gasteiger partial charge in [-0.2, -0.15) is 17.0 Å². The molecule has 0 aromatic rings. The van der Waals surface area contributed by atoms with Crippen LogP contribution in [0.1, 0.15) is 25.7 Å². The first-order chi connectivity index (χ1) is 7.24. The number of hydrogen-bond donors (Lipinski definition) is 0. The van der Waals surface area contributed by atoms with Gasteiger partial charge in [0.2, 0.25) is 5.91 Å². The van der Waals surface area contributed by atoms with E-state index < -0.39 is 0 Å². The van der Waals surface area contributed by atoms with Gasteiger partial charge < -0.3 is 4.90 Å². The molecule has 0 aliphatic carbocycles. The standard InChI is InChI=1S/C11H18N2OS/c1-13(6-2-5-12)11(14)9-10-3-7-15-8-4-10/h10H,2-4,6-9H2,1H3. The largest absolute Gasteiger partial charge is 0.345 e. The van der Waals surface area contributed by atoms with Gasteiger partial charge in [-0.05, 0) is 30.3 Å². The molecule has 1 amide bonds. The first-order valence-corrected chi connectivity index (χ1v) is 6.58. The van der Waals surface area contributed by atoms with Crippen molar-refractivity contribution >= 4 is 17.7 Å². The van der Waals surface area contributed by atoms with Crippen LogP contribution in [-0.4, -0.2) is 35.9 Å². The van der Waals surface area contributed by atoms with Crippen LogP contribution >= 0.6 is 11.8 Å². The van der Waals surface area contributed by atoms with Crippen molar-refractivity contribution in [3.8, 4) is 6.07 Å². The quantitative estimate of drug-likeness (QED) is 0.735. The molecule has 1 heterocycles. The Morgan fingerprint density at radius 1 is 1.53 bits per heavy atom. The Labute approximate surface area is 95.8 Å². The van der Waals surface area contributed by atoms with Crippen molar-refractivity contribution in [3.05, 3.63) is 0 Å². The number of carbonyl (C=O) groups is 1. The maximum atomic E-state index is 11.7. The molecule has 1 aliphatic rings. The highest BCUT2D eigenvalue weighted by Crippen LogP contribution is 2.25. The Morgan fingerprint density at radius 2 is 2.20 bits per heavy atom. The van der Waals surface area contributed by atoms with E-state index in [1.54, 1.807) is 11.9 Å². The average molecular weight is 226 g/mol. The molecule has 1 rings (SSSR count). The summed E-state index contributed by atoms with van der Waals surface area (Å²) >= 11 is 1.98. The highest BCUT2D eigenvalue weighted by molar-refractivity contribution is 7.99. The third-order valence-corrected chi connectivity index (χ3v) is 3.84. The second kappa shape index (κ2) is 6.73. The van der Waals surface area contributed by atoms with Gasteiger partial charge in [-0.1, -0.05) is 0 Å². The van der Waals surface area contributed by atoms with E-state index in [1.165, 1.54) is 24.3 Å². The minimum atomic E-state index is 0.196. The van der Waals surface area contributed by atoms with Crippen LogP contribution in [0.25, 0.3) is 0 Å². The SMILES string of the molecule is CN(CCC#N)C(=O)CC1CCSCC1. The van der Waals surface area contributed by atoms with Crippen molar-refractivity contribution < 1.29 is 4.79 Å². The van der Waals surface area contributed by atoms with Crippen molar-refractivity contribution in [1.29, 1.82) is 5.26 Å². The molecule has 15 heavy (non-hydrogen) atoms. The van der Waals surface area contributed by atoms with Crippen LogP contribution in [0.2, 0.25) is 0 Å². The lowest BCUT2D eigenvalue weighted by molar-refractivity contribution is -0.130. The first kappa shape index (κ1) is 12.4. The fourth-order valence-corrected chi connectivity index (χ4v) is 2.90. The molecule has 0 saturated carbocycles. The summed E-state index contributed by atoms with van der Waals surface area (Å²) in [7, 11) is 1.79. The summed E-state index contributed by atoms with van der Waals surface area (Å²) in [4.78, 5) is 13.4. The zero-order chi connectivity index (χ0) is 11.1. The summed E-state index contributed by atoms with van der Waals surface area (Å²) in [5, 5.41) is 8.43. The zero-order valence-electron chi connectivity index (χ0n) is 9.24. The van der Waals surface area contributed by atoms with E-state index in [0.29, 0.717) is 25.3 Å². The van der Waals surface area contributed by atoms with Gasteiger partial charge in [0.15, 0.2) is 0 Å². The molecule has 0 unspecified atom stereocenters. The van der Waals surface area contributed by atoms with Gasteiger partial charge in [-0.3, -0.25) is 4.79 Å². The van der Waals surface area contributed by atoms with Crippen LogP contribution in [0.15, 0.2) is 0 Å². The molecular weight excluding hydrogens is 208 g/mol. The number of carbonyl (C=O) groups excluding carboxylic acids is 1. The van der Waals surface area contributed by atoms with Crippen LogP contribution in [0.5, 0.6) is 0 Å². The summed E-state index contributed by atoms with van der Waals surface area (Å²) in [6.07, 6.45) is 3.44. The van der Waals surface area contributed by atoms with Crippen LogP contribution in [-0.2, 0) is 4.79 Å². The Bertz CT molecular complexity index is 243. The summed E-state index contributed by atoms with van der Waals surface area (Å²) < 4.78 is 0. The number of amides is 1. The average Bonchev–Trinajstić information content (AvgIpc) is 2.27. The van der Waals surface area contributed by atoms with Crippen LogP contribution in [0, 0.1) is 17.2 Å². The van der Waals surface area contributed by atoms with E-state index >= 15 is 0 Å². The van der Waals surface area contributed by atoms with Crippen molar-refractivity contribution in [1.82, 2.24) is 4.90 Å². The molecule has 0 N–H and O–H groups in total. The van der Waals surface area contributed by atoms with Crippen molar-refractivity contribution in [2.45, 2.75) is 25.7 Å². The lowest BCUT2D eigenvalue weighted by Gasteiger charge is -2.23. The van der Waals surface area contributed by atoms with E-state index in [0.717, 1.165) is 0 Å². The normalized spacial score (nSPS) is 17.1. The minimum absolute atomic E-state index is 0.196. The number of nitriles is 1. The molecule has 0 atom stereocenters. The Kier molecular flexibility index (Phi) is 5.56. The molecule has 1 saturated heterocycles. The van der Waals surface area contributed by atoms with Crippen LogP contribution in [0.3, 0.4) is 0 Å². The van der Waals surface area contributed by atoms with Crippen LogP contribution in [0.4, 0.5) is 0 Å². The van der Waals surface area contributed by atoms with Crippen molar-refractivity contribution in [3.63, 3.8) is 0 Å². The number of nitrogens with zero attached hydrogens (tertiary/aromatic N) is 2. The van der Waals surface area contributed by atoms with Gasteiger partial charge in [0.1, 0.15) is 0 Å². The monoisotopic (exact) mass is 226 g/mol. The molecule has 0 bridgehead atoms. The fraction of sp³-hybridized carbons (Fsp3) is 0.818. The molecule has 0 spiro atoms. The summed E-state index contributed by atoms with van der Waals surface area (Å²) in [5.41, 5.74) is 0. The molecule has 0 aromatic heterocycles. The summed E-state index contributed by atoms with van der Waals surface area (Å²) in [6, 6.07) is 2.06. The smallest absolute Gasteiger partial charge is 0.222 e. The topological polar surface area (TPSA) is 44.1 Å². The minimum Gasteiger partial charge on any atom is -0.345 e. The van der Waals surface area contributed by atoms with Crippen molar-refractivity contribution in [2.24, 2.45) is 5.92 Å². The van der Waals surface area contributed by atoms with Crippen molar-refractivity contribution in [2.75, 3.05) is 25.1 Å². The maximum Gasteiger partial charge on any atom is 0.222 e. The zero-order valence-corrected chi connectivity index (χ0v) is 10.1. The lowest BCUT2D eigenvalue weighted by atomic mass is 9.98. The number of hydrogen-bond acceptors (Lipinski definition) is 3. The molecule has 84 valence electrons. The van der Waals surface area contributed by atoms with Crippen LogP contribution < -0.4 is 0 Å². The third kappa shape index (κ3) is 4.57. The molecule has 0 aromatic carbocycles. The van der Waals surface area contributed by atoms with Gasteiger partial charge in [0, 0.05) is 20.0 Å². The first-order valence-electron chi connectivity index (χ1n) is 5.42. The third-order valence-electron chi connectivity index (χ3n) is 2.79. The van der Waals surface area contributed by atoms with Gasteiger partial charge in [0.05, 0.1) is 12.5 Å². The van der Waals surface area contributed by atoms with E-state index in [4.69, 9.17) is 5.26 Å². The molecule has 3 nitrogen and oxygen atoms in total. The summed E-state index contributed by atoms with van der Waals surface area (Å²) in [5.74, 6) is 3.16. The fourth-order valence-electron chi connectivity index (χ4n) is 1.70. The van der Waals surface area contributed by atoms with E-state index in [2.05, 4.69) is 6.07 Å². The Hall–Kier alpha value is -0.690. The van der Waals surface area contributed by atoms with E-state index in [1.807, 2.05) is 11.8 Å². The van der Waals surface area contributed by atoms with E-state index in [-0.39, 0.29) is 5.91 Å². The lowest BCUT2D eigenvalue weighted by Crippen LogP contribution is -2.30. The molecule has 0 radical (unpaired) electrons. The number of thioether (sulfide) groups is 1. The predicted molar refractivity (Wildman–Crippen MR) is 62.5 cm³/mol. The Balaban J connectivity index is 2.24. The second-order valence-electron chi connectivity index (χ2n) is 3.98. The summed E-state index contributed by atoms with van der Waals surface area (Å²) in [6.45, 7) is 0.566. The molecule has 1 fully saturated rings. The van der Waals surface area contributed by atoms with Gasteiger partial charge >= 0.3 is 0 Å². The maximum absolute atomic E-state index is 11.7. The highest BCUT2D eigenvalue weighted by atomic mass is 32.2. The number of rotatable bonds is 4. The highest BCUT2D eigenvalue weighted by Gasteiger charge is 2.19. The Morgan fingerprint density at radius 3 is 2.80 bits per heavy atom. The molecule has 4 heteroatoms. The predicted octanol–water partition coefficient (Wildman–Crippen LogP) is 1.89. The second-order valence-corrected chi connectivity index (χ2v) is 5.21. The van der Waals surface area contributed by atoms with Gasteiger partial charge in [-0.15, -0.1) is 0 Å². The van der Waals surface area contributed by atoms with Gasteiger partial charge in [0.25, 0.3) is 0 Å². The van der Waals surface area contributed by atoms with Gasteiger partial charge in [-0.25, -0.2) is 0 Å². The molecular formula is C11H18N2OS.